The van der Waals surface area contributed by atoms with Crippen molar-refractivity contribution in [1.29, 1.82) is 0 Å². The minimum Gasteiger partial charge on any atom is -0.411 e. The van der Waals surface area contributed by atoms with E-state index in [2.05, 4.69) is 43.3 Å². The molecule has 0 unspecified atom stereocenters. The molecule has 7 atom stereocenters. The Morgan fingerprint density at radius 3 is 2.61 bits per heavy atom. The molecule has 3 nitrogen and oxygen atoms in total. The summed E-state index contributed by atoms with van der Waals surface area (Å²) in [6.45, 7) is 4.96. The van der Waals surface area contributed by atoms with Crippen molar-refractivity contribution in [1.82, 2.24) is 0 Å². The van der Waals surface area contributed by atoms with Gasteiger partial charge in [0.25, 0.3) is 0 Å². The van der Waals surface area contributed by atoms with E-state index in [1.807, 2.05) is 24.3 Å². The van der Waals surface area contributed by atoms with Gasteiger partial charge in [0.1, 0.15) is 0 Å². The molecule has 0 aromatic heterocycles. The minimum atomic E-state index is -0.139. The molecule has 0 aliphatic heterocycles. The smallest absolute Gasteiger partial charge is 0.0832 e. The maximum atomic E-state index is 10.2. The Bertz CT molecular complexity index is 903. The van der Waals surface area contributed by atoms with Gasteiger partial charge < -0.3 is 10.3 Å². The van der Waals surface area contributed by atoms with Gasteiger partial charge in [0.15, 0.2) is 0 Å². The first kappa shape index (κ1) is 21.0. The number of oxime groups is 1. The largest absolute Gasteiger partial charge is 0.411 e. The van der Waals surface area contributed by atoms with Gasteiger partial charge in [-0.15, -0.1) is 0 Å². The number of hydrogen-bond acceptors (Lipinski definition) is 3. The highest BCUT2D eigenvalue weighted by atomic mass is 16.4. The molecule has 4 aliphatic rings. The number of fused-ring (bicyclic) bond motifs is 5. The summed E-state index contributed by atoms with van der Waals surface area (Å²) in [5.74, 6) is 2.49. The molecule has 1 aromatic rings. The first-order chi connectivity index (χ1) is 15.0. The van der Waals surface area contributed by atoms with Gasteiger partial charge >= 0.3 is 0 Å². The zero-order valence-corrected chi connectivity index (χ0v) is 19.0. The van der Waals surface area contributed by atoms with Gasteiger partial charge in [-0.1, -0.05) is 67.1 Å². The van der Waals surface area contributed by atoms with Crippen LogP contribution in [0.5, 0.6) is 0 Å². The lowest BCUT2D eigenvalue weighted by molar-refractivity contribution is -0.0424. The molecule has 2 N–H and O–H groups in total. The van der Waals surface area contributed by atoms with E-state index in [1.54, 1.807) is 0 Å². The van der Waals surface area contributed by atoms with E-state index in [0.29, 0.717) is 11.8 Å². The number of aliphatic hydroxyl groups is 1. The van der Waals surface area contributed by atoms with Crippen LogP contribution < -0.4 is 0 Å². The van der Waals surface area contributed by atoms with E-state index in [9.17, 15) is 10.3 Å². The summed E-state index contributed by atoms with van der Waals surface area (Å²) in [6.07, 6.45) is 15.5. The van der Waals surface area contributed by atoms with Crippen molar-refractivity contribution in [3.8, 4) is 0 Å². The van der Waals surface area contributed by atoms with E-state index < -0.39 is 0 Å². The molecule has 3 saturated carbocycles. The van der Waals surface area contributed by atoms with Gasteiger partial charge in [-0.2, -0.15) is 0 Å². The van der Waals surface area contributed by atoms with Crippen molar-refractivity contribution in [2.75, 3.05) is 0 Å². The fourth-order valence-corrected chi connectivity index (χ4v) is 8.09. The zero-order valence-electron chi connectivity index (χ0n) is 19.0. The molecule has 0 heterocycles. The minimum absolute atomic E-state index is 0.139. The number of rotatable bonds is 3. The topological polar surface area (TPSA) is 52.8 Å². The Kier molecular flexibility index (Phi) is 5.37. The first-order valence-electron chi connectivity index (χ1n) is 12.3. The third-order valence-corrected chi connectivity index (χ3v) is 9.80. The second-order valence-electron chi connectivity index (χ2n) is 11.1. The fourth-order valence-electron chi connectivity index (χ4n) is 8.09. The molecule has 31 heavy (non-hydrogen) atoms. The molecule has 0 amide bonds. The normalized spacial score (nSPS) is 42.6. The maximum Gasteiger partial charge on any atom is 0.0832 e. The number of nitrogens with zero attached hydrogens (tertiary/aromatic N) is 1. The van der Waals surface area contributed by atoms with Crippen LogP contribution in [0, 0.1) is 34.5 Å². The van der Waals surface area contributed by atoms with Crippen molar-refractivity contribution in [3.05, 3.63) is 53.6 Å². The highest BCUT2D eigenvalue weighted by Crippen LogP contribution is 2.66. The predicted molar refractivity (Wildman–Crippen MR) is 126 cm³/mol. The quantitative estimate of drug-likeness (QED) is 0.255. The van der Waals surface area contributed by atoms with Crippen LogP contribution >= 0.6 is 0 Å². The van der Waals surface area contributed by atoms with E-state index >= 15 is 0 Å². The summed E-state index contributed by atoms with van der Waals surface area (Å²) in [5, 5.41) is 23.9. The Labute approximate surface area is 186 Å². The lowest BCUT2D eigenvalue weighted by Gasteiger charge is -2.58. The van der Waals surface area contributed by atoms with Crippen LogP contribution in [0.1, 0.15) is 70.8 Å². The molecule has 3 fully saturated rings. The summed E-state index contributed by atoms with van der Waals surface area (Å²) >= 11 is 0. The van der Waals surface area contributed by atoms with E-state index in [1.165, 1.54) is 31.3 Å². The van der Waals surface area contributed by atoms with Gasteiger partial charge in [0.05, 0.1) is 11.8 Å². The number of benzene rings is 1. The number of aliphatic hydroxyl groups excluding tert-OH is 1. The van der Waals surface area contributed by atoms with Crippen LogP contribution in [-0.2, 0) is 0 Å². The van der Waals surface area contributed by atoms with E-state index in [4.69, 9.17) is 0 Å². The molecular weight excluding hydrogens is 382 g/mol. The molecule has 166 valence electrons. The van der Waals surface area contributed by atoms with Crippen LogP contribution in [-0.4, -0.2) is 22.1 Å². The lowest BCUT2D eigenvalue weighted by Crippen LogP contribution is -2.51. The summed E-state index contributed by atoms with van der Waals surface area (Å²) in [4.78, 5) is 0. The van der Waals surface area contributed by atoms with Gasteiger partial charge in [-0.05, 0) is 91.6 Å². The molecule has 3 heteroatoms. The van der Waals surface area contributed by atoms with Crippen molar-refractivity contribution >= 4 is 11.8 Å². The monoisotopic (exact) mass is 419 g/mol. The summed E-state index contributed by atoms with van der Waals surface area (Å²) in [5.41, 5.74) is 4.02. The van der Waals surface area contributed by atoms with Crippen LogP contribution in [0.15, 0.2) is 53.2 Å². The third kappa shape index (κ3) is 3.40. The first-order valence-corrected chi connectivity index (χ1v) is 12.3. The highest BCUT2D eigenvalue weighted by molar-refractivity contribution is 6.00. The highest BCUT2D eigenvalue weighted by Gasteiger charge is 2.59. The van der Waals surface area contributed by atoms with Crippen LogP contribution in [0.4, 0.5) is 0 Å². The summed E-state index contributed by atoms with van der Waals surface area (Å²) in [7, 11) is 0. The Morgan fingerprint density at radius 1 is 1.03 bits per heavy atom. The molecular formula is C28H37NO2. The predicted octanol–water partition coefficient (Wildman–Crippen LogP) is 6.47. The SMILES string of the molecule is C[C@]12CC[C@H]3[C@@H](CC=C4C[C@@H](O)CC[C@@]43C)[C@@H]1CC[C@@H]2C(/C=C/c1ccccc1)=N/O. The van der Waals surface area contributed by atoms with Gasteiger partial charge in [-0.25, -0.2) is 0 Å². The number of allylic oxidation sites excluding steroid dienone is 2. The fraction of sp³-hybridized carbons (Fsp3) is 0.607. The molecule has 5 rings (SSSR count). The van der Waals surface area contributed by atoms with Gasteiger partial charge in [0.2, 0.25) is 0 Å². The van der Waals surface area contributed by atoms with Crippen LogP contribution in [0.25, 0.3) is 6.08 Å². The molecule has 0 spiro atoms. The van der Waals surface area contributed by atoms with Crippen molar-refractivity contribution in [2.45, 2.75) is 71.3 Å². The molecule has 4 aliphatic carbocycles. The molecule has 0 bridgehead atoms. The summed E-state index contributed by atoms with van der Waals surface area (Å²) in [6, 6.07) is 10.3. The second kappa shape index (κ2) is 7.92. The van der Waals surface area contributed by atoms with Crippen LogP contribution in [0.2, 0.25) is 0 Å². The second-order valence-corrected chi connectivity index (χ2v) is 11.1. The van der Waals surface area contributed by atoms with Crippen molar-refractivity contribution in [2.24, 2.45) is 39.7 Å². The average Bonchev–Trinajstić information content (AvgIpc) is 3.13. The third-order valence-electron chi connectivity index (χ3n) is 9.80. The standard InChI is InChI=1S/C28H37NO2/c1-27-16-14-21(30)18-20(27)9-10-22-23-11-12-25(28(23,2)17-15-24(22)27)26(29-31)13-8-19-6-4-3-5-7-19/h3-9,13,21-25,30-31H,10-12,14-18H2,1-2H3/b13-8+,29-26+/t21-,22-,23-,24-,25+,27-,28-/m0/s1. The maximum absolute atomic E-state index is 10.2. The van der Waals surface area contributed by atoms with E-state index in [0.717, 1.165) is 48.8 Å². The molecule has 0 radical (unpaired) electrons. The van der Waals surface area contributed by atoms with Gasteiger partial charge in [0, 0.05) is 5.92 Å². The lowest BCUT2D eigenvalue weighted by atomic mass is 9.47. The Morgan fingerprint density at radius 2 is 1.84 bits per heavy atom. The molecule has 1 aromatic carbocycles. The average molecular weight is 420 g/mol. The van der Waals surface area contributed by atoms with Gasteiger partial charge in [-0.3, -0.25) is 0 Å². The van der Waals surface area contributed by atoms with Crippen molar-refractivity contribution in [3.63, 3.8) is 0 Å². The summed E-state index contributed by atoms with van der Waals surface area (Å²) < 4.78 is 0. The Hall–Kier alpha value is -1.87. The molecule has 0 saturated heterocycles. The van der Waals surface area contributed by atoms with E-state index in [-0.39, 0.29) is 16.9 Å². The number of hydrogen-bond donors (Lipinski definition) is 2. The zero-order chi connectivity index (χ0) is 21.6. The Balaban J connectivity index is 1.39. The van der Waals surface area contributed by atoms with Crippen LogP contribution in [0.3, 0.4) is 0 Å². The van der Waals surface area contributed by atoms with Crippen molar-refractivity contribution < 1.29 is 10.3 Å².